The van der Waals surface area contributed by atoms with Crippen LogP contribution in [0.2, 0.25) is 0 Å². The molecule has 5 nitrogen and oxygen atoms in total. The van der Waals surface area contributed by atoms with Crippen LogP contribution in [0.25, 0.3) is 10.8 Å². The van der Waals surface area contributed by atoms with Crippen molar-refractivity contribution in [2.75, 3.05) is 6.54 Å². The minimum atomic E-state index is -0.922. The maximum absolute atomic E-state index is 12.4. The van der Waals surface area contributed by atoms with E-state index in [0.717, 1.165) is 27.6 Å². The minimum absolute atomic E-state index is 0.0552. The molecule has 0 saturated carbocycles. The zero-order chi connectivity index (χ0) is 20.4. The number of amides is 1. The highest BCUT2D eigenvalue weighted by molar-refractivity contribution is 5.89. The molecule has 5 heteroatoms. The van der Waals surface area contributed by atoms with Crippen LogP contribution in [0.5, 0.6) is 5.75 Å². The summed E-state index contributed by atoms with van der Waals surface area (Å²) in [6.45, 7) is 3.04. The summed E-state index contributed by atoms with van der Waals surface area (Å²) >= 11 is 0. The molecule has 4 rings (SSSR count). The Balaban J connectivity index is 1.63. The predicted octanol–water partition coefficient (Wildman–Crippen LogP) is 4.16. The molecule has 148 valence electrons. The summed E-state index contributed by atoms with van der Waals surface area (Å²) in [6, 6.07) is 20.1. The van der Waals surface area contributed by atoms with E-state index in [9.17, 15) is 14.7 Å². The first kappa shape index (κ1) is 19.0. The molecular weight excluding hydrogens is 366 g/mol. The Kier molecular flexibility index (Phi) is 5.21. The molecule has 29 heavy (non-hydrogen) atoms. The monoisotopic (exact) mass is 389 g/mol. The number of nitrogens with zero attached hydrogens (tertiary/aromatic N) is 1. The van der Waals surface area contributed by atoms with Crippen LogP contribution in [0.3, 0.4) is 0 Å². The number of carboxylic acid groups (broad SMARTS) is 1. The Labute approximate surface area is 169 Å². The average molecular weight is 389 g/mol. The van der Waals surface area contributed by atoms with E-state index in [0.29, 0.717) is 13.2 Å². The number of carbonyl (C=O) groups excluding carboxylic acids is 1. The topological polar surface area (TPSA) is 66.8 Å². The normalized spacial score (nSPS) is 16.4. The predicted molar refractivity (Wildman–Crippen MR) is 111 cm³/mol. The van der Waals surface area contributed by atoms with Gasteiger partial charge in [-0.05, 0) is 29.3 Å². The molecule has 1 saturated heterocycles. The number of benzene rings is 3. The number of carboxylic acids is 1. The lowest BCUT2D eigenvalue weighted by molar-refractivity contribution is -0.141. The molecule has 1 amide bonds. The smallest absolute Gasteiger partial charge is 0.308 e. The maximum Gasteiger partial charge on any atom is 0.308 e. The van der Waals surface area contributed by atoms with Crippen molar-refractivity contribution < 1.29 is 19.4 Å². The Bertz CT molecular complexity index is 1060. The molecule has 0 radical (unpaired) electrons. The minimum Gasteiger partial charge on any atom is -0.489 e. The van der Waals surface area contributed by atoms with Crippen LogP contribution in [0, 0.1) is 12.8 Å². The van der Waals surface area contributed by atoms with Crippen LogP contribution in [-0.4, -0.2) is 28.4 Å². The summed E-state index contributed by atoms with van der Waals surface area (Å²) in [7, 11) is 0. The van der Waals surface area contributed by atoms with Gasteiger partial charge in [0.25, 0.3) is 0 Å². The molecule has 1 unspecified atom stereocenters. The summed E-state index contributed by atoms with van der Waals surface area (Å²) in [5.41, 5.74) is 3.17. The summed E-state index contributed by atoms with van der Waals surface area (Å²) < 4.78 is 6.14. The number of aryl methyl sites for hydroxylation is 1. The van der Waals surface area contributed by atoms with Gasteiger partial charge in [-0.15, -0.1) is 0 Å². The summed E-state index contributed by atoms with van der Waals surface area (Å²) in [6.07, 6.45) is 0.0552. The van der Waals surface area contributed by atoms with Gasteiger partial charge in [0.05, 0.1) is 5.92 Å². The zero-order valence-corrected chi connectivity index (χ0v) is 16.3. The lowest BCUT2D eigenvalue weighted by atomic mass is 10.0. The van der Waals surface area contributed by atoms with Gasteiger partial charge in [-0.1, -0.05) is 60.2 Å². The standard InChI is InChI=1S/C24H23NO4/c1-16-6-8-17(9-7-16)15-29-22-11-10-18-4-2-3-5-20(18)21(22)14-25-13-19(24(27)28)12-23(25)26/h2-11,19H,12-15H2,1H3,(H,27,28). The average Bonchev–Trinajstić information content (AvgIpc) is 3.09. The van der Waals surface area contributed by atoms with Gasteiger partial charge in [-0.3, -0.25) is 9.59 Å². The number of hydrogen-bond acceptors (Lipinski definition) is 3. The Morgan fingerprint density at radius 3 is 2.59 bits per heavy atom. The molecule has 1 atom stereocenters. The van der Waals surface area contributed by atoms with Crippen molar-refractivity contribution in [2.45, 2.75) is 26.5 Å². The third-order valence-electron chi connectivity index (χ3n) is 5.43. The Hall–Kier alpha value is -3.34. The van der Waals surface area contributed by atoms with Gasteiger partial charge in [0, 0.05) is 25.1 Å². The van der Waals surface area contributed by atoms with Crippen LogP contribution in [0.15, 0.2) is 60.7 Å². The first-order valence-corrected chi connectivity index (χ1v) is 9.71. The molecular formula is C24H23NO4. The number of likely N-dealkylation sites (tertiary alicyclic amines) is 1. The fourth-order valence-corrected chi connectivity index (χ4v) is 3.74. The van der Waals surface area contributed by atoms with E-state index >= 15 is 0 Å². The lowest BCUT2D eigenvalue weighted by Crippen LogP contribution is -2.26. The molecule has 3 aromatic carbocycles. The SMILES string of the molecule is Cc1ccc(COc2ccc3ccccc3c2CN2CC(C(=O)O)CC2=O)cc1. The number of rotatable bonds is 6. The summed E-state index contributed by atoms with van der Waals surface area (Å²) in [4.78, 5) is 25.3. The highest BCUT2D eigenvalue weighted by Gasteiger charge is 2.34. The van der Waals surface area contributed by atoms with Gasteiger partial charge in [-0.2, -0.15) is 0 Å². The van der Waals surface area contributed by atoms with E-state index in [1.165, 1.54) is 5.56 Å². The molecule has 1 aliphatic rings. The van der Waals surface area contributed by atoms with Crippen molar-refractivity contribution in [3.8, 4) is 5.75 Å². The molecule has 0 bridgehead atoms. The fraction of sp³-hybridized carbons (Fsp3) is 0.250. The molecule has 1 fully saturated rings. The van der Waals surface area contributed by atoms with Gasteiger partial charge in [0.15, 0.2) is 0 Å². The van der Waals surface area contributed by atoms with E-state index in [1.807, 2.05) is 55.5 Å². The largest absolute Gasteiger partial charge is 0.489 e. The van der Waals surface area contributed by atoms with Crippen LogP contribution in [0.1, 0.15) is 23.1 Å². The Morgan fingerprint density at radius 2 is 1.86 bits per heavy atom. The highest BCUT2D eigenvalue weighted by Crippen LogP contribution is 2.32. The molecule has 0 spiro atoms. The molecule has 0 aliphatic carbocycles. The van der Waals surface area contributed by atoms with Crippen LogP contribution >= 0.6 is 0 Å². The van der Waals surface area contributed by atoms with Gasteiger partial charge < -0.3 is 14.7 Å². The quantitative estimate of drug-likeness (QED) is 0.687. The molecule has 1 heterocycles. The second kappa shape index (κ2) is 7.95. The fourth-order valence-electron chi connectivity index (χ4n) is 3.74. The third-order valence-corrected chi connectivity index (χ3v) is 5.43. The lowest BCUT2D eigenvalue weighted by Gasteiger charge is -2.20. The van der Waals surface area contributed by atoms with Gasteiger partial charge in [0.1, 0.15) is 12.4 Å². The van der Waals surface area contributed by atoms with Crippen molar-refractivity contribution in [1.29, 1.82) is 0 Å². The number of aliphatic carboxylic acids is 1. The second-order valence-electron chi connectivity index (χ2n) is 7.55. The van der Waals surface area contributed by atoms with E-state index in [1.54, 1.807) is 4.90 Å². The highest BCUT2D eigenvalue weighted by atomic mass is 16.5. The van der Waals surface area contributed by atoms with Gasteiger partial charge >= 0.3 is 5.97 Å². The van der Waals surface area contributed by atoms with Crippen molar-refractivity contribution in [1.82, 2.24) is 4.90 Å². The van der Waals surface area contributed by atoms with Crippen molar-refractivity contribution in [2.24, 2.45) is 5.92 Å². The molecule has 1 N–H and O–H groups in total. The third kappa shape index (κ3) is 4.09. The van der Waals surface area contributed by atoms with E-state index in [4.69, 9.17) is 4.74 Å². The summed E-state index contributed by atoms with van der Waals surface area (Å²) in [5, 5.41) is 11.3. The van der Waals surface area contributed by atoms with Crippen molar-refractivity contribution >= 4 is 22.6 Å². The van der Waals surface area contributed by atoms with Crippen molar-refractivity contribution in [3.63, 3.8) is 0 Å². The van der Waals surface area contributed by atoms with Crippen LogP contribution in [0.4, 0.5) is 0 Å². The van der Waals surface area contributed by atoms with Crippen LogP contribution in [-0.2, 0) is 22.7 Å². The molecule has 0 aromatic heterocycles. The first-order chi connectivity index (χ1) is 14.0. The zero-order valence-electron chi connectivity index (χ0n) is 16.3. The maximum atomic E-state index is 12.4. The van der Waals surface area contributed by atoms with E-state index < -0.39 is 11.9 Å². The van der Waals surface area contributed by atoms with E-state index in [-0.39, 0.29) is 18.9 Å². The molecule has 3 aromatic rings. The first-order valence-electron chi connectivity index (χ1n) is 9.71. The van der Waals surface area contributed by atoms with Gasteiger partial charge in [-0.25, -0.2) is 0 Å². The molecule has 1 aliphatic heterocycles. The second-order valence-corrected chi connectivity index (χ2v) is 7.55. The van der Waals surface area contributed by atoms with Crippen LogP contribution < -0.4 is 4.74 Å². The number of ether oxygens (including phenoxy) is 1. The number of hydrogen-bond donors (Lipinski definition) is 1. The van der Waals surface area contributed by atoms with E-state index in [2.05, 4.69) is 12.1 Å². The van der Waals surface area contributed by atoms with Crippen molar-refractivity contribution in [3.05, 3.63) is 77.4 Å². The van der Waals surface area contributed by atoms with Gasteiger partial charge in [0.2, 0.25) is 5.91 Å². The Morgan fingerprint density at radius 1 is 1.10 bits per heavy atom. The summed E-state index contributed by atoms with van der Waals surface area (Å²) in [5.74, 6) is -0.977. The number of carbonyl (C=O) groups is 2. The number of fused-ring (bicyclic) bond motifs is 1.